The Bertz CT molecular complexity index is 950. The molecule has 111 valence electrons. The zero-order valence-electron chi connectivity index (χ0n) is 12.1. The Morgan fingerprint density at radius 1 is 0.957 bits per heavy atom. The van der Waals surface area contributed by atoms with Gasteiger partial charge >= 0.3 is 139 Å². The first-order chi connectivity index (χ1) is 11.3. The van der Waals surface area contributed by atoms with Gasteiger partial charge in [0.25, 0.3) is 0 Å². The topological polar surface area (TPSA) is 41.6 Å². The maximum atomic E-state index is 13.2. The van der Waals surface area contributed by atoms with Gasteiger partial charge in [-0.15, -0.1) is 0 Å². The molecule has 2 aromatic heterocycles. The van der Waals surface area contributed by atoms with Gasteiger partial charge in [0.1, 0.15) is 0 Å². The van der Waals surface area contributed by atoms with Crippen LogP contribution in [0.15, 0.2) is 66.9 Å². The number of halogens is 1. The van der Waals surface area contributed by atoms with Gasteiger partial charge in [0.15, 0.2) is 0 Å². The molecule has 4 rings (SSSR count). The molecular weight excluding hydrogens is 352 g/mol. The third-order valence-electron chi connectivity index (χ3n) is 3.57. The molecule has 1 radical (unpaired) electrons. The predicted octanol–water partition coefficient (Wildman–Crippen LogP) is 2.42. The Morgan fingerprint density at radius 2 is 1.78 bits per heavy atom. The number of nitrogens with zero attached hydrogens (tertiary/aromatic N) is 2. The summed E-state index contributed by atoms with van der Waals surface area (Å²) < 4.78 is 15.4. The minimum atomic E-state index is -0.263. The van der Waals surface area contributed by atoms with Gasteiger partial charge in [0.05, 0.1) is 0 Å². The number of aromatic amines is 1. The van der Waals surface area contributed by atoms with Crippen LogP contribution in [0.1, 0.15) is 0 Å². The molecule has 1 N–H and O–H groups in total. The number of benzene rings is 2. The summed E-state index contributed by atoms with van der Waals surface area (Å²) in [7, 11) is 0. The molecule has 23 heavy (non-hydrogen) atoms. The van der Waals surface area contributed by atoms with E-state index in [4.69, 9.17) is 4.98 Å². The first kappa shape index (κ1) is 14.2. The van der Waals surface area contributed by atoms with Crippen molar-refractivity contribution in [2.24, 2.45) is 0 Å². The fourth-order valence-corrected chi connectivity index (χ4v) is 4.29. The molecule has 2 heterocycles. The van der Waals surface area contributed by atoms with E-state index >= 15 is 0 Å². The van der Waals surface area contributed by atoms with E-state index in [0.29, 0.717) is 0 Å². The van der Waals surface area contributed by atoms with Crippen molar-refractivity contribution < 1.29 is 4.39 Å². The van der Waals surface area contributed by atoms with Gasteiger partial charge < -0.3 is 0 Å². The summed E-state index contributed by atoms with van der Waals surface area (Å²) in [5, 5.41) is 9.22. The zero-order valence-corrected chi connectivity index (χ0v) is 13.9. The van der Waals surface area contributed by atoms with E-state index < -0.39 is 0 Å². The normalized spacial score (nSPS) is 11.5. The second-order valence-electron chi connectivity index (χ2n) is 5.11. The van der Waals surface area contributed by atoms with Crippen molar-refractivity contribution >= 4 is 35.5 Å². The molecule has 0 fully saturated rings. The van der Waals surface area contributed by atoms with Crippen LogP contribution >= 0.6 is 0 Å². The molecule has 0 aliphatic carbocycles. The second-order valence-corrected chi connectivity index (χ2v) is 7.55. The van der Waals surface area contributed by atoms with Crippen LogP contribution in [0.5, 0.6) is 0 Å². The number of nitrogens with one attached hydrogen (secondary N) is 1. The molecule has 0 unspecified atom stereocenters. The van der Waals surface area contributed by atoms with Gasteiger partial charge in [-0.3, -0.25) is 0 Å². The van der Waals surface area contributed by atoms with Crippen molar-refractivity contribution in [2.45, 2.75) is 0 Å². The Morgan fingerprint density at radius 3 is 2.57 bits per heavy atom. The van der Waals surface area contributed by atoms with Crippen molar-refractivity contribution in [3.05, 3.63) is 72.7 Å². The van der Waals surface area contributed by atoms with Crippen molar-refractivity contribution in [1.82, 2.24) is 15.2 Å². The van der Waals surface area contributed by atoms with E-state index in [2.05, 4.69) is 28.4 Å². The van der Waals surface area contributed by atoms with Crippen molar-refractivity contribution in [1.29, 1.82) is 0 Å². The van der Waals surface area contributed by atoms with Crippen LogP contribution in [0, 0.1) is 5.82 Å². The van der Waals surface area contributed by atoms with E-state index in [1.807, 2.05) is 18.2 Å². The van der Waals surface area contributed by atoms with E-state index in [0.717, 1.165) is 31.0 Å². The van der Waals surface area contributed by atoms with Gasteiger partial charge in [-0.05, 0) is 0 Å². The Labute approximate surface area is 139 Å². The van der Waals surface area contributed by atoms with Crippen LogP contribution in [-0.4, -0.2) is 30.9 Å². The summed E-state index contributed by atoms with van der Waals surface area (Å²) in [6, 6.07) is 18.8. The van der Waals surface area contributed by atoms with Crippen LogP contribution in [0.25, 0.3) is 22.0 Å². The summed E-state index contributed by atoms with van der Waals surface area (Å²) in [6.45, 7) is 0. The van der Waals surface area contributed by atoms with Crippen LogP contribution in [-0.2, 0) is 0 Å². The molecule has 4 aromatic rings. The van der Waals surface area contributed by atoms with Gasteiger partial charge in [-0.2, -0.15) is 0 Å². The molecule has 0 amide bonds. The van der Waals surface area contributed by atoms with Gasteiger partial charge in [-0.25, -0.2) is 0 Å². The van der Waals surface area contributed by atoms with Crippen molar-refractivity contribution in [3.63, 3.8) is 0 Å². The molecule has 5 heteroatoms. The average molecular weight is 364 g/mol. The predicted molar refractivity (Wildman–Crippen MR) is 90.7 cm³/mol. The van der Waals surface area contributed by atoms with E-state index in [9.17, 15) is 4.39 Å². The Balaban J connectivity index is 1.88. The maximum absolute atomic E-state index is 13.2. The van der Waals surface area contributed by atoms with Gasteiger partial charge in [0, 0.05) is 0 Å². The fourth-order valence-electron chi connectivity index (χ4n) is 2.50. The minimum absolute atomic E-state index is 0.238. The van der Waals surface area contributed by atoms with Crippen molar-refractivity contribution in [3.8, 4) is 11.3 Å². The molecule has 0 saturated carbocycles. The first-order valence-electron chi connectivity index (χ1n) is 7.16. The fraction of sp³-hybridized carbons (Fsp3) is 0. The van der Waals surface area contributed by atoms with Crippen LogP contribution in [0.4, 0.5) is 4.39 Å². The Hall–Kier alpha value is -2.45. The molecule has 0 atom stereocenters. The summed E-state index contributed by atoms with van der Waals surface area (Å²) in [4.78, 5) is 4.85. The monoisotopic (exact) mass is 364 g/mol. The summed E-state index contributed by atoms with van der Waals surface area (Å²) in [5.74, 6) is -0.238. The molecule has 0 bridgehead atoms. The average Bonchev–Trinajstić information content (AvgIpc) is 3.08. The second kappa shape index (κ2) is 5.98. The number of pyridine rings is 1. The molecule has 0 spiro atoms. The zero-order chi connectivity index (χ0) is 15.6. The summed E-state index contributed by atoms with van der Waals surface area (Å²) >= 11 is -0.263. The van der Waals surface area contributed by atoms with Gasteiger partial charge in [0.2, 0.25) is 0 Å². The molecule has 0 saturated heterocycles. The van der Waals surface area contributed by atoms with Crippen LogP contribution < -0.4 is 8.96 Å². The van der Waals surface area contributed by atoms with Crippen LogP contribution in [0.3, 0.4) is 0 Å². The third-order valence-corrected chi connectivity index (χ3v) is 5.55. The standard InChI is InChI=1S/C18H12AsFN3/c20-14-7-5-12(6-8-14)18-15-4-2-1-3-13(15)11-17(22-18)19-16-9-10-21-23-16/h1-11H,(H,21,23). The van der Waals surface area contributed by atoms with E-state index in [-0.39, 0.29) is 21.6 Å². The van der Waals surface area contributed by atoms with Gasteiger partial charge in [-0.1, -0.05) is 0 Å². The summed E-state index contributed by atoms with van der Waals surface area (Å²) in [5.41, 5.74) is 1.82. The number of rotatable bonds is 3. The first-order valence-corrected chi connectivity index (χ1v) is 9.04. The third kappa shape index (κ3) is 2.90. The number of hydrogen-bond donors (Lipinski definition) is 1. The molecular formula is C18H12AsFN3. The summed E-state index contributed by atoms with van der Waals surface area (Å²) in [6.07, 6.45) is 1.76. The number of H-pyrrole nitrogens is 1. The molecule has 2 aromatic carbocycles. The Kier molecular flexibility index (Phi) is 3.68. The van der Waals surface area contributed by atoms with E-state index in [1.54, 1.807) is 18.3 Å². The molecule has 0 aliphatic rings. The van der Waals surface area contributed by atoms with Crippen LogP contribution in [0.2, 0.25) is 0 Å². The molecule has 3 nitrogen and oxygen atoms in total. The quantitative estimate of drug-likeness (QED) is 0.568. The van der Waals surface area contributed by atoms with Crippen molar-refractivity contribution in [2.75, 3.05) is 0 Å². The SMILES string of the molecule is Fc1ccc(-c2nc([As]c3ccn[nH]3)cc3ccccc23)cc1. The molecule has 0 aliphatic heterocycles. The number of fused-ring (bicyclic) bond motifs is 1. The number of hydrogen-bond acceptors (Lipinski definition) is 2. The van der Waals surface area contributed by atoms with E-state index in [1.165, 1.54) is 12.1 Å². The number of aromatic nitrogens is 3.